The molecule has 0 aliphatic carbocycles. The fourth-order valence-corrected chi connectivity index (χ4v) is 0.966. The van der Waals surface area contributed by atoms with Crippen molar-refractivity contribution in [2.75, 3.05) is 5.43 Å². The molecule has 0 aliphatic heterocycles. The van der Waals surface area contributed by atoms with Crippen LogP contribution in [0.4, 0.5) is 5.69 Å². The number of anilines is 1. The first-order chi connectivity index (χ1) is 7.67. The fraction of sp³-hybridized carbons (Fsp3) is 0. The molecular formula is C10H7N5S. The summed E-state index contributed by atoms with van der Waals surface area (Å²) in [6.45, 7) is 0. The standard InChI is InChI=1S/C10H7N5S/c11-5-7-1-3-8(4-2-7)14-15-9(6-12)10(13)16/h1-4,14H,(H2,13,16)/b15-9+. The van der Waals surface area contributed by atoms with Crippen molar-refractivity contribution in [1.82, 2.24) is 0 Å². The summed E-state index contributed by atoms with van der Waals surface area (Å²) in [5.41, 5.74) is 9.01. The minimum Gasteiger partial charge on any atom is -0.387 e. The molecule has 0 bridgehead atoms. The second kappa shape index (κ2) is 5.44. The maximum absolute atomic E-state index is 8.63. The van der Waals surface area contributed by atoms with Crippen molar-refractivity contribution in [3.63, 3.8) is 0 Å². The van der Waals surface area contributed by atoms with Crippen molar-refractivity contribution in [3.05, 3.63) is 29.8 Å². The summed E-state index contributed by atoms with van der Waals surface area (Å²) < 4.78 is 0. The Morgan fingerprint density at radius 3 is 2.38 bits per heavy atom. The molecule has 0 amide bonds. The molecule has 0 unspecified atom stereocenters. The quantitative estimate of drug-likeness (QED) is 0.460. The molecule has 0 radical (unpaired) electrons. The van der Waals surface area contributed by atoms with E-state index in [2.05, 4.69) is 22.7 Å². The van der Waals surface area contributed by atoms with Crippen molar-refractivity contribution >= 4 is 28.6 Å². The van der Waals surface area contributed by atoms with E-state index in [0.717, 1.165) is 0 Å². The van der Waals surface area contributed by atoms with Gasteiger partial charge in [0.1, 0.15) is 11.1 Å². The van der Waals surface area contributed by atoms with Crippen molar-refractivity contribution < 1.29 is 0 Å². The molecule has 3 N–H and O–H groups in total. The van der Waals surface area contributed by atoms with Gasteiger partial charge in [-0.1, -0.05) is 12.2 Å². The van der Waals surface area contributed by atoms with Gasteiger partial charge >= 0.3 is 0 Å². The Bertz CT molecular complexity index is 503. The summed E-state index contributed by atoms with van der Waals surface area (Å²) in [5.74, 6) is 0. The highest BCUT2D eigenvalue weighted by Crippen LogP contribution is 2.08. The number of nitrogens with zero attached hydrogens (tertiary/aromatic N) is 3. The minimum absolute atomic E-state index is 0.0423. The molecule has 16 heavy (non-hydrogen) atoms. The van der Waals surface area contributed by atoms with E-state index in [4.69, 9.17) is 16.3 Å². The van der Waals surface area contributed by atoms with Gasteiger partial charge in [-0.3, -0.25) is 5.43 Å². The Kier molecular flexibility index (Phi) is 3.96. The van der Waals surface area contributed by atoms with Crippen LogP contribution in [0.2, 0.25) is 0 Å². The van der Waals surface area contributed by atoms with E-state index < -0.39 is 0 Å². The van der Waals surface area contributed by atoms with Crippen molar-refractivity contribution in [3.8, 4) is 12.1 Å². The molecule has 0 saturated heterocycles. The highest BCUT2D eigenvalue weighted by molar-refractivity contribution is 7.82. The van der Waals surface area contributed by atoms with E-state index in [1.54, 1.807) is 30.3 Å². The number of hydrazone groups is 1. The lowest BCUT2D eigenvalue weighted by molar-refractivity contribution is 1.34. The first-order valence-electron chi connectivity index (χ1n) is 4.21. The van der Waals surface area contributed by atoms with Crippen molar-refractivity contribution in [2.45, 2.75) is 0 Å². The topological polar surface area (TPSA) is 98.0 Å². The Labute approximate surface area is 97.8 Å². The molecule has 1 aromatic rings. The van der Waals surface area contributed by atoms with Gasteiger partial charge in [0, 0.05) is 0 Å². The van der Waals surface area contributed by atoms with E-state index in [1.807, 2.05) is 6.07 Å². The van der Waals surface area contributed by atoms with Gasteiger partial charge in [0.05, 0.1) is 17.3 Å². The number of hydrogen-bond donors (Lipinski definition) is 2. The van der Waals surface area contributed by atoms with Gasteiger partial charge < -0.3 is 5.73 Å². The third-order valence-electron chi connectivity index (χ3n) is 1.65. The monoisotopic (exact) mass is 229 g/mol. The van der Waals surface area contributed by atoms with Crippen LogP contribution in [0.25, 0.3) is 0 Å². The molecule has 0 aromatic heterocycles. The van der Waals surface area contributed by atoms with Crippen LogP contribution < -0.4 is 11.2 Å². The average molecular weight is 229 g/mol. The lowest BCUT2D eigenvalue weighted by atomic mass is 10.2. The average Bonchev–Trinajstić information content (AvgIpc) is 2.30. The minimum atomic E-state index is -0.0661. The molecule has 0 atom stereocenters. The van der Waals surface area contributed by atoms with E-state index in [-0.39, 0.29) is 10.7 Å². The number of rotatable bonds is 3. The van der Waals surface area contributed by atoms with Gasteiger partial charge in [0.25, 0.3) is 0 Å². The number of benzene rings is 1. The summed E-state index contributed by atoms with van der Waals surface area (Å²) in [4.78, 5) is -0.0661. The maximum atomic E-state index is 8.63. The predicted molar refractivity (Wildman–Crippen MR) is 64.6 cm³/mol. The molecular weight excluding hydrogens is 222 g/mol. The third kappa shape index (κ3) is 3.05. The summed E-state index contributed by atoms with van der Waals surface area (Å²) in [6.07, 6.45) is 0. The predicted octanol–water partition coefficient (Wildman–Crippen LogP) is 1.14. The number of nitrogens with one attached hydrogen (secondary N) is 1. The van der Waals surface area contributed by atoms with Gasteiger partial charge in [-0.2, -0.15) is 15.6 Å². The summed E-state index contributed by atoms with van der Waals surface area (Å²) in [5, 5.41) is 20.9. The van der Waals surface area contributed by atoms with Crippen molar-refractivity contribution in [1.29, 1.82) is 10.5 Å². The van der Waals surface area contributed by atoms with E-state index in [0.29, 0.717) is 11.3 Å². The number of nitriles is 2. The first-order valence-corrected chi connectivity index (χ1v) is 4.62. The SMILES string of the molecule is N#C/C(=N\Nc1ccc(C#N)cc1)C(N)=S. The molecule has 6 heteroatoms. The Morgan fingerprint density at radius 1 is 1.31 bits per heavy atom. The Morgan fingerprint density at radius 2 is 1.94 bits per heavy atom. The van der Waals surface area contributed by atoms with Gasteiger partial charge in [-0.25, -0.2) is 0 Å². The highest BCUT2D eigenvalue weighted by atomic mass is 32.1. The van der Waals surface area contributed by atoms with Crippen LogP contribution in [0.5, 0.6) is 0 Å². The van der Waals surface area contributed by atoms with Gasteiger partial charge in [-0.15, -0.1) is 0 Å². The molecule has 78 valence electrons. The molecule has 0 heterocycles. The molecule has 1 rings (SSSR count). The normalized spacial score (nSPS) is 10.0. The zero-order chi connectivity index (χ0) is 12.0. The molecule has 5 nitrogen and oxygen atoms in total. The smallest absolute Gasteiger partial charge is 0.194 e. The summed E-state index contributed by atoms with van der Waals surface area (Å²) >= 11 is 4.61. The zero-order valence-electron chi connectivity index (χ0n) is 8.14. The van der Waals surface area contributed by atoms with Crippen LogP contribution >= 0.6 is 12.2 Å². The van der Waals surface area contributed by atoms with E-state index >= 15 is 0 Å². The molecule has 0 fully saturated rings. The maximum Gasteiger partial charge on any atom is 0.194 e. The van der Waals surface area contributed by atoms with Gasteiger partial charge in [0.2, 0.25) is 0 Å². The summed E-state index contributed by atoms with van der Waals surface area (Å²) in [7, 11) is 0. The van der Waals surface area contributed by atoms with Crippen LogP contribution in [-0.4, -0.2) is 10.7 Å². The largest absolute Gasteiger partial charge is 0.387 e. The molecule has 0 aliphatic rings. The van der Waals surface area contributed by atoms with E-state index in [9.17, 15) is 0 Å². The third-order valence-corrected chi connectivity index (χ3v) is 1.84. The van der Waals surface area contributed by atoms with Gasteiger partial charge in [-0.05, 0) is 24.3 Å². The van der Waals surface area contributed by atoms with Crippen LogP contribution in [0.15, 0.2) is 29.4 Å². The first kappa shape index (κ1) is 11.6. The second-order valence-electron chi connectivity index (χ2n) is 2.74. The lowest BCUT2D eigenvalue weighted by Gasteiger charge is -2.00. The second-order valence-corrected chi connectivity index (χ2v) is 3.18. The highest BCUT2D eigenvalue weighted by Gasteiger charge is 2.00. The van der Waals surface area contributed by atoms with Crippen LogP contribution in [0.1, 0.15) is 5.56 Å². The zero-order valence-corrected chi connectivity index (χ0v) is 8.95. The van der Waals surface area contributed by atoms with Crippen molar-refractivity contribution in [2.24, 2.45) is 10.8 Å². The molecule has 0 spiro atoms. The summed E-state index contributed by atoms with van der Waals surface area (Å²) in [6, 6.07) is 10.3. The van der Waals surface area contributed by atoms with Gasteiger partial charge in [0.15, 0.2) is 5.71 Å². The Balaban J connectivity index is 2.79. The van der Waals surface area contributed by atoms with E-state index in [1.165, 1.54) is 0 Å². The number of hydrogen-bond acceptors (Lipinski definition) is 5. The Hall–Kier alpha value is -2.44. The molecule has 0 saturated carbocycles. The lowest BCUT2D eigenvalue weighted by Crippen LogP contribution is -2.20. The number of thiocarbonyl (C=S) groups is 1. The number of nitrogens with two attached hydrogens (primary N) is 1. The van der Waals surface area contributed by atoms with Crippen LogP contribution in [0, 0.1) is 22.7 Å². The molecule has 1 aromatic carbocycles. The fourth-order valence-electron chi connectivity index (χ4n) is 0.875. The van der Waals surface area contributed by atoms with Crippen LogP contribution in [-0.2, 0) is 0 Å². The van der Waals surface area contributed by atoms with Crippen LogP contribution in [0.3, 0.4) is 0 Å².